The van der Waals surface area contributed by atoms with E-state index in [-0.39, 0.29) is 11.7 Å². The highest BCUT2D eigenvalue weighted by molar-refractivity contribution is 7.99. The number of aromatic nitrogens is 1. The molecule has 0 saturated heterocycles. The molecule has 0 saturated carbocycles. The zero-order valence-corrected chi connectivity index (χ0v) is 14.4. The van der Waals surface area contributed by atoms with Gasteiger partial charge < -0.3 is 4.57 Å². The molecule has 3 aromatic rings. The van der Waals surface area contributed by atoms with Gasteiger partial charge in [-0.2, -0.15) is 4.99 Å². The van der Waals surface area contributed by atoms with Gasteiger partial charge >= 0.3 is 0 Å². The molecule has 118 valence electrons. The Morgan fingerprint density at radius 3 is 2.70 bits per heavy atom. The van der Waals surface area contributed by atoms with Crippen molar-refractivity contribution in [3.63, 3.8) is 0 Å². The van der Waals surface area contributed by atoms with Crippen LogP contribution in [0.5, 0.6) is 0 Å². The number of hydrogen-bond acceptors (Lipinski definition) is 3. The average molecular weight is 346 g/mol. The first-order valence-corrected chi connectivity index (χ1v) is 8.95. The van der Waals surface area contributed by atoms with Gasteiger partial charge in [-0.3, -0.25) is 4.79 Å². The number of thiazole rings is 1. The maximum absolute atomic E-state index is 13.3. The van der Waals surface area contributed by atoms with E-state index < -0.39 is 0 Å². The summed E-state index contributed by atoms with van der Waals surface area (Å²) in [6.45, 7) is 2.09. The predicted octanol–water partition coefficient (Wildman–Crippen LogP) is 4.23. The Morgan fingerprint density at radius 2 is 2.00 bits per heavy atom. The Balaban J connectivity index is 1.97. The molecule has 6 heteroatoms. The predicted molar refractivity (Wildman–Crippen MR) is 93.5 cm³/mol. The average Bonchev–Trinajstić information content (AvgIpc) is 2.83. The fraction of sp³-hybridized carbons (Fsp3) is 0.176. The van der Waals surface area contributed by atoms with Crippen LogP contribution in [0, 0.1) is 5.82 Å². The summed E-state index contributed by atoms with van der Waals surface area (Å²) in [6, 6.07) is 12.0. The van der Waals surface area contributed by atoms with E-state index in [2.05, 4.69) is 11.9 Å². The molecule has 0 aliphatic rings. The third kappa shape index (κ3) is 3.38. The summed E-state index contributed by atoms with van der Waals surface area (Å²) in [5.41, 5.74) is 1.41. The Morgan fingerprint density at radius 1 is 1.26 bits per heavy atom. The van der Waals surface area contributed by atoms with Crippen LogP contribution in [-0.4, -0.2) is 16.2 Å². The highest BCUT2D eigenvalue weighted by Crippen LogP contribution is 2.19. The molecule has 0 bridgehead atoms. The number of amides is 1. The summed E-state index contributed by atoms with van der Waals surface area (Å²) in [5.74, 6) is 0.410. The minimum Gasteiger partial charge on any atom is -0.319 e. The van der Waals surface area contributed by atoms with Crippen LogP contribution in [0.2, 0.25) is 0 Å². The second-order valence-corrected chi connectivity index (χ2v) is 7.28. The second-order valence-electron chi connectivity index (χ2n) is 4.93. The molecule has 1 amide bonds. The Labute approximate surface area is 141 Å². The molecule has 1 aromatic heterocycles. The summed E-state index contributed by atoms with van der Waals surface area (Å²) >= 11 is 3.03. The SMILES string of the molecule is CCSc1ccc(C(=O)N=c2sc3cc(F)ccc3n2C)cc1. The van der Waals surface area contributed by atoms with Gasteiger partial charge in [-0.1, -0.05) is 18.3 Å². The molecule has 3 nitrogen and oxygen atoms in total. The van der Waals surface area contributed by atoms with Gasteiger partial charge in [0, 0.05) is 17.5 Å². The van der Waals surface area contributed by atoms with Crippen LogP contribution >= 0.6 is 23.1 Å². The number of carbonyl (C=O) groups is 1. The van der Waals surface area contributed by atoms with Crippen molar-refractivity contribution in [1.29, 1.82) is 0 Å². The van der Waals surface area contributed by atoms with Gasteiger partial charge in [0.2, 0.25) is 0 Å². The van der Waals surface area contributed by atoms with Gasteiger partial charge in [-0.05, 0) is 48.2 Å². The molecular weight excluding hydrogens is 331 g/mol. The number of carbonyl (C=O) groups excluding carboxylic acids is 1. The molecular formula is C17H15FN2OS2. The molecule has 0 aliphatic heterocycles. The van der Waals surface area contributed by atoms with E-state index in [1.165, 1.54) is 23.5 Å². The number of hydrogen-bond donors (Lipinski definition) is 0. The van der Waals surface area contributed by atoms with Crippen molar-refractivity contribution in [2.24, 2.45) is 12.0 Å². The molecule has 1 heterocycles. The van der Waals surface area contributed by atoms with Gasteiger partial charge in [-0.25, -0.2) is 4.39 Å². The number of aryl methyl sites for hydroxylation is 1. The molecule has 0 spiro atoms. The standard InChI is InChI=1S/C17H15FN2OS2/c1-3-22-13-7-4-11(5-8-13)16(21)19-17-20(2)14-9-6-12(18)10-15(14)23-17/h4-10H,3H2,1-2H3. The summed E-state index contributed by atoms with van der Waals surface area (Å²) in [4.78, 5) is 18.2. The van der Waals surface area contributed by atoms with Crippen LogP contribution in [0.3, 0.4) is 0 Å². The van der Waals surface area contributed by atoms with Crippen LogP contribution in [0.4, 0.5) is 4.39 Å². The lowest BCUT2D eigenvalue weighted by Gasteiger charge is -1.99. The third-order valence-corrected chi connectivity index (χ3v) is 5.37. The van der Waals surface area contributed by atoms with Gasteiger partial charge in [-0.15, -0.1) is 11.8 Å². The first-order chi connectivity index (χ1) is 11.1. The van der Waals surface area contributed by atoms with Crippen LogP contribution < -0.4 is 4.80 Å². The molecule has 0 fully saturated rings. The van der Waals surface area contributed by atoms with Crippen molar-refractivity contribution >= 4 is 39.2 Å². The summed E-state index contributed by atoms with van der Waals surface area (Å²) in [7, 11) is 1.82. The largest absolute Gasteiger partial charge is 0.319 e. The van der Waals surface area contributed by atoms with Gasteiger partial charge in [0.25, 0.3) is 5.91 Å². The van der Waals surface area contributed by atoms with Crippen molar-refractivity contribution in [2.45, 2.75) is 11.8 Å². The fourth-order valence-electron chi connectivity index (χ4n) is 2.23. The highest BCUT2D eigenvalue weighted by Gasteiger charge is 2.08. The minimum atomic E-state index is -0.291. The molecule has 0 N–H and O–H groups in total. The lowest BCUT2D eigenvalue weighted by molar-refractivity contribution is 0.0998. The minimum absolute atomic E-state index is 0.291. The molecule has 3 rings (SSSR count). The lowest BCUT2D eigenvalue weighted by Crippen LogP contribution is -2.13. The van der Waals surface area contributed by atoms with Crippen LogP contribution in [-0.2, 0) is 7.05 Å². The number of benzene rings is 2. The van der Waals surface area contributed by atoms with Gasteiger partial charge in [0.05, 0.1) is 10.2 Å². The number of halogens is 1. The molecule has 0 atom stereocenters. The Hall–Kier alpha value is -1.92. The zero-order chi connectivity index (χ0) is 16.4. The van der Waals surface area contributed by atoms with E-state index in [1.807, 2.05) is 19.2 Å². The quantitative estimate of drug-likeness (QED) is 0.665. The third-order valence-electron chi connectivity index (χ3n) is 3.38. The van der Waals surface area contributed by atoms with Gasteiger partial charge in [0.1, 0.15) is 5.82 Å². The van der Waals surface area contributed by atoms with E-state index in [4.69, 9.17) is 0 Å². The maximum atomic E-state index is 13.3. The van der Waals surface area contributed by atoms with Gasteiger partial charge in [0.15, 0.2) is 4.80 Å². The van der Waals surface area contributed by atoms with Crippen molar-refractivity contribution < 1.29 is 9.18 Å². The monoisotopic (exact) mass is 346 g/mol. The lowest BCUT2D eigenvalue weighted by atomic mass is 10.2. The number of fused-ring (bicyclic) bond motifs is 1. The summed E-state index contributed by atoms with van der Waals surface area (Å²) in [5, 5.41) is 0. The zero-order valence-electron chi connectivity index (χ0n) is 12.7. The van der Waals surface area contributed by atoms with Crippen molar-refractivity contribution in [3.8, 4) is 0 Å². The second kappa shape index (κ2) is 6.68. The number of nitrogens with zero attached hydrogens (tertiary/aromatic N) is 2. The van der Waals surface area contributed by atoms with Crippen molar-refractivity contribution in [3.05, 3.63) is 58.6 Å². The Kier molecular flexibility index (Phi) is 4.63. The first kappa shape index (κ1) is 16.0. The van der Waals surface area contributed by atoms with Crippen LogP contribution in [0.1, 0.15) is 17.3 Å². The molecule has 2 aromatic carbocycles. The van der Waals surface area contributed by atoms with Crippen molar-refractivity contribution in [1.82, 2.24) is 4.57 Å². The molecule has 23 heavy (non-hydrogen) atoms. The maximum Gasteiger partial charge on any atom is 0.279 e. The normalized spacial score (nSPS) is 12.0. The van der Waals surface area contributed by atoms with E-state index in [0.717, 1.165) is 20.9 Å². The topological polar surface area (TPSA) is 34.4 Å². The molecule has 0 aliphatic carbocycles. The van der Waals surface area contributed by atoms with E-state index in [0.29, 0.717) is 10.4 Å². The number of rotatable bonds is 3. The molecule has 0 radical (unpaired) electrons. The van der Waals surface area contributed by atoms with Crippen LogP contribution in [0.15, 0.2) is 52.4 Å². The van der Waals surface area contributed by atoms with Crippen LogP contribution in [0.25, 0.3) is 10.2 Å². The van der Waals surface area contributed by atoms with E-state index in [1.54, 1.807) is 34.5 Å². The number of thioether (sulfide) groups is 1. The smallest absolute Gasteiger partial charge is 0.279 e. The van der Waals surface area contributed by atoms with E-state index in [9.17, 15) is 9.18 Å². The summed E-state index contributed by atoms with van der Waals surface area (Å²) < 4.78 is 15.9. The first-order valence-electron chi connectivity index (χ1n) is 7.15. The van der Waals surface area contributed by atoms with Crippen molar-refractivity contribution in [2.75, 3.05) is 5.75 Å². The Bertz CT molecular complexity index is 926. The van der Waals surface area contributed by atoms with E-state index >= 15 is 0 Å². The molecule has 0 unspecified atom stereocenters. The fourth-order valence-corrected chi connectivity index (χ4v) is 3.93. The summed E-state index contributed by atoms with van der Waals surface area (Å²) in [6.07, 6.45) is 0. The highest BCUT2D eigenvalue weighted by atomic mass is 32.2.